The Labute approximate surface area is 161 Å². The van der Waals surface area contributed by atoms with Crippen LogP contribution in [0.5, 0.6) is 17.2 Å². The fourth-order valence-corrected chi connectivity index (χ4v) is 2.88. The van der Waals surface area contributed by atoms with Gasteiger partial charge in [-0.1, -0.05) is 11.6 Å². The van der Waals surface area contributed by atoms with Crippen LogP contribution in [0.15, 0.2) is 42.5 Å². The highest BCUT2D eigenvalue weighted by Gasteiger charge is 2.14. The van der Waals surface area contributed by atoms with Gasteiger partial charge in [0.05, 0.1) is 12.8 Å². The number of anilines is 4. The number of ether oxygens (including phenoxy) is 3. The first-order chi connectivity index (χ1) is 13.1. The Morgan fingerprint density at radius 1 is 1.00 bits per heavy atom. The molecule has 1 aliphatic heterocycles. The number of benzene rings is 2. The zero-order valence-corrected chi connectivity index (χ0v) is 15.5. The molecule has 0 atom stereocenters. The van der Waals surface area contributed by atoms with Crippen molar-refractivity contribution in [1.29, 1.82) is 0 Å². The number of fused-ring (bicyclic) bond motifs is 1. The molecule has 138 valence electrons. The number of rotatable bonds is 5. The number of aryl methyl sites for hydroxylation is 1. The summed E-state index contributed by atoms with van der Waals surface area (Å²) >= 11 is 6.09. The zero-order valence-electron chi connectivity index (χ0n) is 14.7. The van der Waals surface area contributed by atoms with E-state index in [0.29, 0.717) is 34.0 Å². The molecule has 27 heavy (non-hydrogen) atoms. The highest BCUT2D eigenvalue weighted by atomic mass is 35.5. The molecule has 8 heteroatoms. The molecule has 2 aromatic carbocycles. The van der Waals surface area contributed by atoms with Crippen LogP contribution in [0, 0.1) is 6.92 Å². The predicted molar refractivity (Wildman–Crippen MR) is 104 cm³/mol. The smallest absolute Gasteiger partial charge is 0.231 e. The molecule has 2 heterocycles. The molecule has 3 aromatic rings. The first-order valence-corrected chi connectivity index (χ1v) is 8.61. The number of nitrogens with one attached hydrogen (secondary N) is 2. The van der Waals surface area contributed by atoms with Crippen LogP contribution >= 0.6 is 11.6 Å². The Bertz CT molecular complexity index is 997. The van der Waals surface area contributed by atoms with Crippen molar-refractivity contribution < 1.29 is 14.2 Å². The molecule has 4 rings (SSSR count). The molecular formula is C19H17ClN4O3. The maximum absolute atomic E-state index is 6.09. The highest BCUT2D eigenvalue weighted by Crippen LogP contribution is 2.35. The lowest BCUT2D eigenvalue weighted by molar-refractivity contribution is 0.174. The Morgan fingerprint density at radius 3 is 2.70 bits per heavy atom. The Morgan fingerprint density at radius 2 is 1.85 bits per heavy atom. The van der Waals surface area contributed by atoms with Crippen molar-refractivity contribution >= 4 is 34.7 Å². The lowest BCUT2D eigenvalue weighted by Gasteiger charge is -2.13. The minimum atomic E-state index is 0.237. The molecule has 0 radical (unpaired) electrons. The zero-order chi connectivity index (χ0) is 18.8. The number of nitrogens with zero attached hydrogens (tertiary/aromatic N) is 2. The van der Waals surface area contributed by atoms with E-state index >= 15 is 0 Å². The van der Waals surface area contributed by atoms with Crippen LogP contribution in [0.2, 0.25) is 5.02 Å². The Kier molecular flexibility index (Phi) is 4.60. The maximum atomic E-state index is 6.09. The summed E-state index contributed by atoms with van der Waals surface area (Å²) in [6.07, 6.45) is 0. The monoisotopic (exact) mass is 384 g/mol. The second kappa shape index (κ2) is 7.20. The normalized spacial score (nSPS) is 12.0. The summed E-state index contributed by atoms with van der Waals surface area (Å²) in [5, 5.41) is 7.00. The van der Waals surface area contributed by atoms with E-state index in [4.69, 9.17) is 25.8 Å². The molecule has 0 bridgehead atoms. The van der Waals surface area contributed by atoms with Crippen LogP contribution in [-0.2, 0) is 0 Å². The Balaban J connectivity index is 1.59. The van der Waals surface area contributed by atoms with Gasteiger partial charge in [-0.25, -0.2) is 4.98 Å². The molecule has 2 N–H and O–H groups in total. The van der Waals surface area contributed by atoms with Crippen molar-refractivity contribution in [2.24, 2.45) is 0 Å². The summed E-state index contributed by atoms with van der Waals surface area (Å²) in [5.41, 5.74) is 2.32. The lowest BCUT2D eigenvalue weighted by atomic mass is 10.2. The maximum Gasteiger partial charge on any atom is 0.231 e. The third-order valence-electron chi connectivity index (χ3n) is 3.91. The molecular weight excluding hydrogens is 368 g/mol. The fourth-order valence-electron chi connectivity index (χ4n) is 2.71. The number of halogens is 1. The number of hydrogen-bond donors (Lipinski definition) is 2. The van der Waals surface area contributed by atoms with Crippen molar-refractivity contribution in [3.05, 3.63) is 53.2 Å². The Hall–Kier alpha value is -3.19. The number of aromatic nitrogens is 2. The molecule has 0 unspecified atom stereocenters. The fraction of sp³-hybridized carbons (Fsp3) is 0.158. The molecule has 0 saturated heterocycles. The van der Waals surface area contributed by atoms with Crippen LogP contribution in [0.25, 0.3) is 0 Å². The molecule has 1 aliphatic rings. The van der Waals surface area contributed by atoms with Gasteiger partial charge < -0.3 is 24.8 Å². The highest BCUT2D eigenvalue weighted by molar-refractivity contribution is 6.31. The summed E-state index contributed by atoms with van der Waals surface area (Å²) in [7, 11) is 1.60. The average molecular weight is 385 g/mol. The number of hydrogen-bond acceptors (Lipinski definition) is 7. The summed E-state index contributed by atoms with van der Waals surface area (Å²) < 4.78 is 16.1. The first kappa shape index (κ1) is 17.2. The van der Waals surface area contributed by atoms with Crippen LogP contribution in [0.4, 0.5) is 23.1 Å². The van der Waals surface area contributed by atoms with Gasteiger partial charge in [-0.05, 0) is 37.3 Å². The predicted octanol–water partition coefficient (Wildman–Crippen LogP) is 4.66. The molecule has 0 saturated carbocycles. The minimum absolute atomic E-state index is 0.237. The van der Waals surface area contributed by atoms with Gasteiger partial charge >= 0.3 is 0 Å². The van der Waals surface area contributed by atoms with E-state index in [0.717, 1.165) is 17.1 Å². The van der Waals surface area contributed by atoms with E-state index in [1.54, 1.807) is 25.3 Å². The van der Waals surface area contributed by atoms with Gasteiger partial charge in [-0.3, -0.25) is 0 Å². The summed E-state index contributed by atoms with van der Waals surface area (Å²) in [5.74, 6) is 3.15. The van der Waals surface area contributed by atoms with Gasteiger partial charge in [-0.2, -0.15) is 4.98 Å². The van der Waals surface area contributed by atoms with E-state index in [9.17, 15) is 0 Å². The SMILES string of the molecule is COc1ccc(Cl)cc1Nc1nc(C)cc(Nc2ccc3c(c2)OCO3)n1. The van der Waals surface area contributed by atoms with Crippen LogP contribution in [-0.4, -0.2) is 23.9 Å². The lowest BCUT2D eigenvalue weighted by Crippen LogP contribution is -2.03. The van der Waals surface area contributed by atoms with Crippen LogP contribution in [0.1, 0.15) is 5.69 Å². The molecule has 1 aromatic heterocycles. The molecule has 0 fully saturated rings. The van der Waals surface area contributed by atoms with E-state index in [2.05, 4.69) is 20.6 Å². The van der Waals surface area contributed by atoms with E-state index in [1.165, 1.54) is 0 Å². The van der Waals surface area contributed by atoms with Gasteiger partial charge in [0, 0.05) is 28.5 Å². The van der Waals surface area contributed by atoms with E-state index < -0.39 is 0 Å². The topological polar surface area (TPSA) is 77.5 Å². The summed E-state index contributed by atoms with van der Waals surface area (Å²) in [6.45, 7) is 2.13. The third kappa shape index (κ3) is 3.83. The van der Waals surface area contributed by atoms with Crippen LogP contribution in [0.3, 0.4) is 0 Å². The van der Waals surface area contributed by atoms with Crippen molar-refractivity contribution in [2.45, 2.75) is 6.92 Å². The van der Waals surface area contributed by atoms with E-state index in [-0.39, 0.29) is 6.79 Å². The average Bonchev–Trinajstić information content (AvgIpc) is 3.09. The molecule has 0 aliphatic carbocycles. The molecule has 7 nitrogen and oxygen atoms in total. The summed E-state index contributed by atoms with van der Waals surface area (Å²) in [6, 6.07) is 12.8. The third-order valence-corrected chi connectivity index (χ3v) is 4.14. The van der Waals surface area contributed by atoms with Crippen molar-refractivity contribution in [1.82, 2.24) is 9.97 Å². The first-order valence-electron chi connectivity index (χ1n) is 8.23. The van der Waals surface area contributed by atoms with Gasteiger partial charge in [0.15, 0.2) is 11.5 Å². The van der Waals surface area contributed by atoms with Crippen molar-refractivity contribution in [2.75, 3.05) is 24.5 Å². The standard InChI is InChI=1S/C19H17ClN4O3/c1-11-7-18(22-13-4-6-16-17(9-13)27-10-26-16)24-19(21-11)23-14-8-12(20)3-5-15(14)25-2/h3-9H,10H2,1-2H3,(H2,21,22,23,24). The second-order valence-corrected chi connectivity index (χ2v) is 6.32. The van der Waals surface area contributed by atoms with Gasteiger partial charge in [0.2, 0.25) is 12.7 Å². The largest absolute Gasteiger partial charge is 0.495 e. The van der Waals surface area contributed by atoms with Crippen molar-refractivity contribution in [3.63, 3.8) is 0 Å². The summed E-state index contributed by atoms with van der Waals surface area (Å²) in [4.78, 5) is 8.95. The van der Waals surface area contributed by atoms with Crippen molar-refractivity contribution in [3.8, 4) is 17.2 Å². The van der Waals surface area contributed by atoms with Crippen LogP contribution < -0.4 is 24.8 Å². The quantitative estimate of drug-likeness (QED) is 0.662. The molecule has 0 amide bonds. The molecule has 0 spiro atoms. The van der Waals surface area contributed by atoms with Gasteiger partial charge in [-0.15, -0.1) is 0 Å². The van der Waals surface area contributed by atoms with Gasteiger partial charge in [0.1, 0.15) is 11.6 Å². The van der Waals surface area contributed by atoms with Gasteiger partial charge in [0.25, 0.3) is 0 Å². The second-order valence-electron chi connectivity index (χ2n) is 5.88. The number of methoxy groups -OCH3 is 1. The van der Waals surface area contributed by atoms with E-state index in [1.807, 2.05) is 31.2 Å². The minimum Gasteiger partial charge on any atom is -0.495 e.